The highest BCUT2D eigenvalue weighted by Crippen LogP contribution is 2.27. The van der Waals surface area contributed by atoms with E-state index in [4.69, 9.17) is 9.84 Å². The first-order valence-electron chi connectivity index (χ1n) is 7.70. The molecular weight excluding hydrogens is 334 g/mol. The van der Waals surface area contributed by atoms with E-state index in [9.17, 15) is 9.59 Å². The highest BCUT2D eigenvalue weighted by Gasteiger charge is 2.39. The van der Waals surface area contributed by atoms with Gasteiger partial charge in [0.1, 0.15) is 5.75 Å². The molecule has 1 aromatic rings. The summed E-state index contributed by atoms with van der Waals surface area (Å²) in [5, 5.41) is 12.4. The number of carboxylic acid groups (broad SMARTS) is 1. The third-order valence-electron chi connectivity index (χ3n) is 4.26. The predicted octanol–water partition coefficient (Wildman–Crippen LogP) is 1.56. The highest BCUT2D eigenvalue weighted by molar-refractivity contribution is 5.94. The number of urea groups is 1. The van der Waals surface area contributed by atoms with Crippen molar-refractivity contribution in [3.8, 4) is 5.75 Å². The average molecular weight is 356 g/mol. The molecule has 2 aliphatic heterocycles. The number of nitrogens with one attached hydrogen (secondary N) is 1. The summed E-state index contributed by atoms with van der Waals surface area (Å²) >= 11 is 0. The van der Waals surface area contributed by atoms with Crippen molar-refractivity contribution >= 4 is 30.1 Å². The van der Waals surface area contributed by atoms with E-state index in [1.807, 2.05) is 4.90 Å². The number of hydrogen-bond donors (Lipinski definition) is 2. The molecule has 0 radical (unpaired) electrons. The molecule has 132 valence electrons. The van der Waals surface area contributed by atoms with Gasteiger partial charge in [0.15, 0.2) is 5.60 Å². The largest absolute Gasteiger partial charge is 0.478 e. The van der Waals surface area contributed by atoms with Crippen LogP contribution in [0.15, 0.2) is 24.3 Å². The molecule has 2 fully saturated rings. The highest BCUT2D eigenvalue weighted by atomic mass is 35.5. The molecule has 3 rings (SSSR count). The first-order valence-corrected chi connectivity index (χ1v) is 7.70. The van der Waals surface area contributed by atoms with Crippen LogP contribution in [-0.2, 0) is 4.79 Å². The van der Waals surface area contributed by atoms with E-state index in [1.54, 1.807) is 29.2 Å². The Labute approximate surface area is 147 Å². The van der Waals surface area contributed by atoms with Crippen molar-refractivity contribution in [1.82, 2.24) is 10.2 Å². The number of carboxylic acids is 1. The van der Waals surface area contributed by atoms with Crippen molar-refractivity contribution in [1.29, 1.82) is 0 Å². The molecule has 0 aliphatic carbocycles. The molecule has 2 amide bonds. The maximum absolute atomic E-state index is 12.5. The van der Waals surface area contributed by atoms with Gasteiger partial charge in [0.25, 0.3) is 0 Å². The van der Waals surface area contributed by atoms with Gasteiger partial charge in [0.2, 0.25) is 0 Å². The van der Waals surface area contributed by atoms with Gasteiger partial charge in [-0.15, -0.1) is 12.4 Å². The van der Waals surface area contributed by atoms with E-state index in [-0.39, 0.29) is 24.5 Å². The molecule has 7 nitrogen and oxygen atoms in total. The Bertz CT molecular complexity index is 620. The molecule has 2 N–H and O–H groups in total. The summed E-state index contributed by atoms with van der Waals surface area (Å²) in [6, 6.07) is 7.20. The molecule has 0 aromatic heterocycles. The van der Waals surface area contributed by atoms with E-state index in [0.29, 0.717) is 12.3 Å². The number of nitrogens with zero attached hydrogens (tertiary/aromatic N) is 2. The van der Waals surface area contributed by atoms with Crippen molar-refractivity contribution in [3.63, 3.8) is 0 Å². The van der Waals surface area contributed by atoms with Crippen LogP contribution in [0.4, 0.5) is 10.5 Å². The fourth-order valence-electron chi connectivity index (χ4n) is 2.87. The van der Waals surface area contributed by atoms with E-state index < -0.39 is 11.6 Å². The summed E-state index contributed by atoms with van der Waals surface area (Å²) in [5.74, 6) is -0.562. The van der Waals surface area contributed by atoms with Crippen molar-refractivity contribution in [2.24, 2.45) is 0 Å². The zero-order valence-corrected chi connectivity index (χ0v) is 14.5. The third kappa shape index (κ3) is 3.42. The van der Waals surface area contributed by atoms with Gasteiger partial charge in [0.05, 0.1) is 6.04 Å². The molecular formula is C16H22ClN3O4. The first-order chi connectivity index (χ1) is 10.9. The molecule has 2 aliphatic rings. The van der Waals surface area contributed by atoms with Crippen LogP contribution in [0, 0.1) is 0 Å². The Hall–Kier alpha value is -1.99. The fourth-order valence-corrected chi connectivity index (χ4v) is 2.87. The van der Waals surface area contributed by atoms with Crippen molar-refractivity contribution in [3.05, 3.63) is 24.3 Å². The van der Waals surface area contributed by atoms with Crippen LogP contribution in [0.1, 0.15) is 13.8 Å². The zero-order chi connectivity index (χ0) is 16.6. The smallest absolute Gasteiger partial charge is 0.347 e. The number of hydrogen-bond acceptors (Lipinski definition) is 4. The van der Waals surface area contributed by atoms with Crippen molar-refractivity contribution in [2.45, 2.75) is 25.5 Å². The molecule has 0 saturated carbocycles. The number of ether oxygens (including phenoxy) is 1. The average Bonchev–Trinajstić information content (AvgIpc) is 2.85. The quantitative estimate of drug-likeness (QED) is 0.856. The van der Waals surface area contributed by atoms with Crippen LogP contribution in [0.5, 0.6) is 5.75 Å². The number of halogens is 1. The Kier molecular flexibility index (Phi) is 5.25. The molecule has 2 saturated heterocycles. The van der Waals surface area contributed by atoms with E-state index in [0.717, 1.165) is 25.3 Å². The van der Waals surface area contributed by atoms with E-state index >= 15 is 0 Å². The summed E-state index contributed by atoms with van der Waals surface area (Å²) in [7, 11) is 0. The fraction of sp³-hybridized carbons (Fsp3) is 0.500. The lowest BCUT2D eigenvalue weighted by Crippen LogP contribution is -2.49. The van der Waals surface area contributed by atoms with Gasteiger partial charge >= 0.3 is 12.0 Å². The number of amides is 2. The van der Waals surface area contributed by atoms with Crippen LogP contribution < -0.4 is 15.0 Å². The Morgan fingerprint density at radius 3 is 2.58 bits per heavy atom. The lowest BCUT2D eigenvalue weighted by atomic mass is 10.1. The number of aliphatic carboxylic acids is 1. The Balaban J connectivity index is 0.00000208. The maximum Gasteiger partial charge on any atom is 0.347 e. The second-order valence-electron chi connectivity index (χ2n) is 6.36. The first kappa shape index (κ1) is 18.4. The van der Waals surface area contributed by atoms with Gasteiger partial charge in [-0.25, -0.2) is 9.59 Å². The van der Waals surface area contributed by atoms with Gasteiger partial charge in [-0.2, -0.15) is 0 Å². The second-order valence-corrected chi connectivity index (χ2v) is 6.36. The summed E-state index contributed by atoms with van der Waals surface area (Å²) in [6.45, 7) is 6.03. The lowest BCUT2D eigenvalue weighted by molar-refractivity contribution is -0.152. The molecule has 1 unspecified atom stereocenters. The Morgan fingerprint density at radius 1 is 1.33 bits per heavy atom. The van der Waals surface area contributed by atoms with Gasteiger partial charge in [-0.1, -0.05) is 0 Å². The molecule has 0 spiro atoms. The van der Waals surface area contributed by atoms with Gasteiger partial charge < -0.3 is 20.1 Å². The summed E-state index contributed by atoms with van der Waals surface area (Å²) in [5.41, 5.74) is -0.498. The van der Waals surface area contributed by atoms with E-state index in [1.165, 1.54) is 13.8 Å². The molecule has 0 bridgehead atoms. The number of anilines is 1. The molecule has 24 heavy (non-hydrogen) atoms. The SMILES string of the molecule is CC(C)(Oc1ccc(N2CC3CNCCN3C2=O)cc1)C(=O)O.Cl. The summed E-state index contributed by atoms with van der Waals surface area (Å²) in [4.78, 5) is 27.2. The molecule has 1 aromatic carbocycles. The summed E-state index contributed by atoms with van der Waals surface area (Å²) in [6.07, 6.45) is 0. The monoisotopic (exact) mass is 355 g/mol. The molecule has 2 heterocycles. The van der Waals surface area contributed by atoms with Gasteiger partial charge in [0, 0.05) is 31.9 Å². The maximum atomic E-state index is 12.5. The van der Waals surface area contributed by atoms with Gasteiger partial charge in [-0.3, -0.25) is 4.90 Å². The van der Waals surface area contributed by atoms with Crippen LogP contribution in [0.25, 0.3) is 0 Å². The van der Waals surface area contributed by atoms with Crippen molar-refractivity contribution in [2.75, 3.05) is 31.1 Å². The minimum Gasteiger partial charge on any atom is -0.478 e. The number of carbonyl (C=O) groups is 2. The van der Waals surface area contributed by atoms with E-state index in [2.05, 4.69) is 5.32 Å². The number of benzene rings is 1. The summed E-state index contributed by atoms with van der Waals surface area (Å²) < 4.78 is 5.48. The van der Waals surface area contributed by atoms with Gasteiger partial charge in [-0.05, 0) is 38.1 Å². The lowest BCUT2D eigenvalue weighted by Gasteiger charge is -2.28. The second kappa shape index (κ2) is 6.86. The number of carbonyl (C=O) groups excluding carboxylic acids is 1. The van der Waals surface area contributed by atoms with Crippen LogP contribution in [0.2, 0.25) is 0 Å². The number of piperazine rings is 1. The zero-order valence-electron chi connectivity index (χ0n) is 13.7. The topological polar surface area (TPSA) is 82.1 Å². The molecule has 8 heteroatoms. The number of rotatable bonds is 4. The van der Waals surface area contributed by atoms with Crippen LogP contribution in [-0.4, -0.2) is 59.8 Å². The number of fused-ring (bicyclic) bond motifs is 1. The standard InChI is InChI=1S/C16H21N3O4.ClH/c1-16(2,14(20)21)23-13-5-3-11(4-6-13)19-10-12-9-17-7-8-18(12)15(19)22;/h3-6,12,17H,7-10H2,1-2H3,(H,20,21);1H. The van der Waals surface area contributed by atoms with Crippen LogP contribution in [0.3, 0.4) is 0 Å². The minimum absolute atomic E-state index is 0. The molecule has 1 atom stereocenters. The normalized spacial score (nSPS) is 20.4. The predicted molar refractivity (Wildman–Crippen MR) is 92.1 cm³/mol. The minimum atomic E-state index is -1.29. The Morgan fingerprint density at radius 2 is 2.00 bits per heavy atom. The van der Waals surface area contributed by atoms with Crippen LogP contribution >= 0.6 is 12.4 Å². The third-order valence-corrected chi connectivity index (χ3v) is 4.26. The van der Waals surface area contributed by atoms with Crippen molar-refractivity contribution < 1.29 is 19.4 Å².